The number of anilines is 1. The number of fused-ring (bicyclic) bond motifs is 1. The zero-order valence-electron chi connectivity index (χ0n) is 18.0. The van der Waals surface area contributed by atoms with E-state index in [1.54, 1.807) is 24.4 Å². The second-order valence-electron chi connectivity index (χ2n) is 7.63. The molecule has 0 saturated heterocycles. The van der Waals surface area contributed by atoms with Gasteiger partial charge in [-0.2, -0.15) is 0 Å². The summed E-state index contributed by atoms with van der Waals surface area (Å²) in [5, 5.41) is 2.75. The van der Waals surface area contributed by atoms with E-state index in [-0.39, 0.29) is 17.6 Å². The van der Waals surface area contributed by atoms with Gasteiger partial charge in [-0.15, -0.1) is 0 Å². The molecule has 0 saturated carbocycles. The Balaban J connectivity index is 1.21. The number of amides is 2. The number of hydrogen-bond donors (Lipinski definition) is 1. The van der Waals surface area contributed by atoms with Crippen molar-refractivity contribution in [3.05, 3.63) is 90.0 Å². The number of nitrogens with one attached hydrogen (secondary N) is 1. The van der Waals surface area contributed by atoms with Crippen molar-refractivity contribution < 1.29 is 18.7 Å². The Bertz CT molecular complexity index is 1160. The van der Waals surface area contributed by atoms with Crippen molar-refractivity contribution in [1.29, 1.82) is 0 Å². The number of carbonyl (C=O) groups excluding carboxylic acids is 2. The van der Waals surface area contributed by atoms with Crippen molar-refractivity contribution in [3.63, 3.8) is 0 Å². The van der Waals surface area contributed by atoms with Crippen LogP contribution in [0.4, 0.5) is 10.1 Å². The van der Waals surface area contributed by atoms with Crippen LogP contribution in [0.15, 0.2) is 73.1 Å². The number of rotatable bonds is 8. The third kappa shape index (κ3) is 5.83. The minimum Gasteiger partial charge on any atom is -0.453 e. The first-order chi connectivity index (χ1) is 16.1. The molecule has 0 radical (unpaired) electrons. The lowest BCUT2D eigenvalue weighted by Crippen LogP contribution is -2.30. The fourth-order valence-corrected chi connectivity index (χ4v) is 3.65. The lowest BCUT2D eigenvalue weighted by atomic mass is 10.2. The summed E-state index contributed by atoms with van der Waals surface area (Å²) in [5.74, 6) is -0.260. The highest BCUT2D eigenvalue weighted by molar-refractivity contribution is 5.95. The number of para-hydroxylation sites is 1. The molecule has 1 aliphatic heterocycles. The van der Waals surface area contributed by atoms with Gasteiger partial charge in [0.05, 0.1) is 6.20 Å². The maximum Gasteiger partial charge on any atom is 0.243 e. The van der Waals surface area contributed by atoms with Crippen molar-refractivity contribution in [3.8, 4) is 11.5 Å². The van der Waals surface area contributed by atoms with E-state index in [4.69, 9.17) is 4.74 Å². The molecule has 0 aliphatic carbocycles. The molecule has 3 aromatic rings. The van der Waals surface area contributed by atoms with Crippen molar-refractivity contribution >= 4 is 23.6 Å². The first-order valence-corrected chi connectivity index (χ1v) is 10.8. The summed E-state index contributed by atoms with van der Waals surface area (Å²) < 4.78 is 19.7. The lowest BCUT2D eigenvalue weighted by Gasteiger charge is -2.17. The standard InChI is InChI=1S/C26H24FN3O3/c27-22-17-19(9-11-24(22)33-21-6-3-14-28-18-21)10-12-25(31)29-15-4-8-26(32)30-16-13-20-5-1-2-7-23(20)30/h1-3,5-7,9-12,14,17-18H,4,8,13,15-16H2,(H,29,31)/b12-10+. The van der Waals surface area contributed by atoms with Gasteiger partial charge in [0.15, 0.2) is 11.6 Å². The summed E-state index contributed by atoms with van der Waals surface area (Å²) in [5.41, 5.74) is 2.71. The Kier molecular flexibility index (Phi) is 7.09. The Labute approximate surface area is 191 Å². The van der Waals surface area contributed by atoms with Gasteiger partial charge in [-0.05, 0) is 60.4 Å². The normalized spacial score (nSPS) is 12.6. The van der Waals surface area contributed by atoms with E-state index in [9.17, 15) is 14.0 Å². The van der Waals surface area contributed by atoms with Crippen LogP contribution >= 0.6 is 0 Å². The van der Waals surface area contributed by atoms with E-state index in [1.807, 2.05) is 29.2 Å². The van der Waals surface area contributed by atoms with E-state index < -0.39 is 5.82 Å². The number of benzene rings is 2. The summed E-state index contributed by atoms with van der Waals surface area (Å²) in [4.78, 5) is 30.3. The molecule has 6 nitrogen and oxygen atoms in total. The zero-order valence-corrected chi connectivity index (χ0v) is 18.0. The molecule has 2 heterocycles. The van der Waals surface area contributed by atoms with Crippen LogP contribution in [0.3, 0.4) is 0 Å². The Morgan fingerprint density at radius 3 is 2.85 bits per heavy atom. The number of hydrogen-bond acceptors (Lipinski definition) is 4. The van der Waals surface area contributed by atoms with Gasteiger partial charge in [0, 0.05) is 37.5 Å². The molecule has 4 rings (SSSR count). The van der Waals surface area contributed by atoms with E-state index in [0.717, 1.165) is 12.1 Å². The number of carbonyl (C=O) groups is 2. The van der Waals surface area contributed by atoms with Gasteiger partial charge in [0.25, 0.3) is 0 Å². The van der Waals surface area contributed by atoms with Crippen LogP contribution in [0.1, 0.15) is 24.0 Å². The molecule has 1 N–H and O–H groups in total. The second kappa shape index (κ2) is 10.5. The van der Waals surface area contributed by atoms with Crippen molar-refractivity contribution in [2.75, 3.05) is 18.0 Å². The molecular weight excluding hydrogens is 421 g/mol. The third-order valence-electron chi connectivity index (χ3n) is 5.30. The SMILES string of the molecule is O=C(/C=C/c1ccc(Oc2cccnc2)c(F)c1)NCCCC(=O)N1CCc2ccccc21. The first-order valence-electron chi connectivity index (χ1n) is 10.8. The van der Waals surface area contributed by atoms with Crippen LogP contribution < -0.4 is 15.0 Å². The number of ether oxygens (including phenoxy) is 1. The van der Waals surface area contributed by atoms with Gasteiger partial charge in [-0.1, -0.05) is 24.3 Å². The molecule has 2 aromatic carbocycles. The van der Waals surface area contributed by atoms with Gasteiger partial charge in [-0.3, -0.25) is 14.6 Å². The molecule has 0 bridgehead atoms. The van der Waals surface area contributed by atoms with Gasteiger partial charge >= 0.3 is 0 Å². The zero-order chi connectivity index (χ0) is 23.0. The van der Waals surface area contributed by atoms with Crippen molar-refractivity contribution in [1.82, 2.24) is 10.3 Å². The number of pyridine rings is 1. The van der Waals surface area contributed by atoms with E-state index in [2.05, 4.69) is 10.3 Å². The number of nitrogens with zero attached hydrogens (tertiary/aromatic N) is 2. The van der Waals surface area contributed by atoms with Gasteiger partial charge in [0.1, 0.15) is 5.75 Å². The van der Waals surface area contributed by atoms with Gasteiger partial charge < -0.3 is 15.0 Å². The largest absolute Gasteiger partial charge is 0.453 e. The maximum atomic E-state index is 14.3. The minimum absolute atomic E-state index is 0.0637. The van der Waals surface area contributed by atoms with Crippen LogP contribution in [0, 0.1) is 5.82 Å². The molecule has 0 spiro atoms. The van der Waals surface area contributed by atoms with Crippen LogP contribution in [0.2, 0.25) is 0 Å². The average molecular weight is 445 g/mol. The fraction of sp³-hybridized carbons (Fsp3) is 0.192. The third-order valence-corrected chi connectivity index (χ3v) is 5.30. The van der Waals surface area contributed by atoms with E-state index >= 15 is 0 Å². The highest BCUT2D eigenvalue weighted by atomic mass is 19.1. The van der Waals surface area contributed by atoms with E-state index in [0.29, 0.717) is 37.2 Å². The fourth-order valence-electron chi connectivity index (χ4n) is 3.65. The van der Waals surface area contributed by atoms with Gasteiger partial charge in [-0.25, -0.2) is 4.39 Å². The topological polar surface area (TPSA) is 71.5 Å². The molecule has 0 atom stereocenters. The molecule has 0 fully saturated rings. The van der Waals surface area contributed by atoms with Crippen molar-refractivity contribution in [2.24, 2.45) is 0 Å². The Hall–Kier alpha value is -4.00. The smallest absolute Gasteiger partial charge is 0.243 e. The quantitative estimate of drug-likeness (QED) is 0.409. The number of halogens is 1. The summed E-state index contributed by atoms with van der Waals surface area (Å²) in [6, 6.07) is 15.8. The minimum atomic E-state index is -0.539. The molecule has 7 heteroatoms. The maximum absolute atomic E-state index is 14.3. The highest BCUT2D eigenvalue weighted by Crippen LogP contribution is 2.28. The Morgan fingerprint density at radius 2 is 2.03 bits per heavy atom. The monoisotopic (exact) mass is 445 g/mol. The molecule has 1 aliphatic rings. The molecule has 2 amide bonds. The average Bonchev–Trinajstić information content (AvgIpc) is 3.27. The first kappa shape index (κ1) is 22.2. The van der Waals surface area contributed by atoms with Crippen LogP contribution in [0.25, 0.3) is 6.08 Å². The predicted molar refractivity (Wildman–Crippen MR) is 124 cm³/mol. The number of aromatic nitrogens is 1. The lowest BCUT2D eigenvalue weighted by molar-refractivity contribution is -0.119. The summed E-state index contributed by atoms with van der Waals surface area (Å²) >= 11 is 0. The molecule has 0 unspecified atom stereocenters. The molecular formula is C26H24FN3O3. The van der Waals surface area contributed by atoms with Crippen LogP contribution in [0.5, 0.6) is 11.5 Å². The van der Waals surface area contributed by atoms with Crippen LogP contribution in [-0.4, -0.2) is 29.9 Å². The predicted octanol–water partition coefficient (Wildman–Crippen LogP) is 4.51. The summed E-state index contributed by atoms with van der Waals surface area (Å²) in [7, 11) is 0. The van der Waals surface area contributed by atoms with E-state index in [1.165, 1.54) is 36.0 Å². The molecule has 1 aromatic heterocycles. The van der Waals surface area contributed by atoms with Crippen LogP contribution in [-0.2, 0) is 16.0 Å². The Morgan fingerprint density at radius 1 is 1.15 bits per heavy atom. The van der Waals surface area contributed by atoms with Gasteiger partial charge in [0.2, 0.25) is 11.8 Å². The summed E-state index contributed by atoms with van der Waals surface area (Å²) in [6.45, 7) is 1.09. The molecule has 168 valence electrons. The summed E-state index contributed by atoms with van der Waals surface area (Å²) in [6.07, 6.45) is 7.75. The second-order valence-corrected chi connectivity index (χ2v) is 7.63. The highest BCUT2D eigenvalue weighted by Gasteiger charge is 2.23. The molecule has 33 heavy (non-hydrogen) atoms. The van der Waals surface area contributed by atoms with Crippen molar-refractivity contribution in [2.45, 2.75) is 19.3 Å².